The Morgan fingerprint density at radius 2 is 1.72 bits per heavy atom. The predicted molar refractivity (Wildman–Crippen MR) is 99.5 cm³/mol. The van der Waals surface area contributed by atoms with Crippen LogP contribution >= 0.6 is 34.8 Å². The second-order valence-electron chi connectivity index (χ2n) is 6.84. The van der Waals surface area contributed by atoms with Crippen LogP contribution in [0.15, 0.2) is 0 Å². The van der Waals surface area contributed by atoms with Gasteiger partial charge in [0.25, 0.3) is 0 Å². The van der Waals surface area contributed by atoms with Gasteiger partial charge >= 0.3 is 11.9 Å². The fourth-order valence-electron chi connectivity index (χ4n) is 3.14. The lowest BCUT2D eigenvalue weighted by atomic mass is 9.99. The summed E-state index contributed by atoms with van der Waals surface area (Å²) in [4.78, 5) is 12.2. The monoisotopic (exact) mass is 482 g/mol. The molecule has 2 saturated heterocycles. The third-order valence-corrected chi connectivity index (χ3v) is 5.95. The van der Waals surface area contributed by atoms with Crippen LogP contribution in [-0.4, -0.2) is 104 Å². The maximum absolute atomic E-state index is 12.2. The standard InChI is InChI=1S/C16H25Cl3O10/c1-2-3-9(21)28-16(14(25)12(23)10(19)8(5-20)27-16)29-15(6-18)13(24)11(22)7(4-17)26-15/h7-8,10-14,20,22-25H,2-6H2,1H3/t7-,8-,10+,11-,12+,13+,14-,15+,16+/m1/s1. The van der Waals surface area contributed by atoms with Crippen LogP contribution < -0.4 is 0 Å². The van der Waals surface area contributed by atoms with Gasteiger partial charge in [0.1, 0.15) is 30.5 Å². The average molecular weight is 484 g/mol. The normalized spacial score (nSPS) is 45.3. The summed E-state index contributed by atoms with van der Waals surface area (Å²) in [5.74, 6) is -6.70. The summed E-state index contributed by atoms with van der Waals surface area (Å²) in [6.07, 6.45) is -9.29. The minimum atomic E-state index is -2.75. The fraction of sp³-hybridized carbons (Fsp3) is 0.938. The molecule has 0 saturated carbocycles. The van der Waals surface area contributed by atoms with Crippen molar-refractivity contribution in [2.45, 2.75) is 73.5 Å². The Bertz CT molecular complexity index is 569. The molecule has 0 unspecified atom stereocenters. The highest BCUT2D eigenvalue weighted by molar-refractivity contribution is 6.21. The van der Waals surface area contributed by atoms with Crippen molar-refractivity contribution in [1.82, 2.24) is 0 Å². The number of hydrogen-bond donors (Lipinski definition) is 5. The number of rotatable bonds is 8. The third-order valence-electron chi connectivity index (χ3n) is 4.73. The van der Waals surface area contributed by atoms with E-state index >= 15 is 0 Å². The molecule has 0 amide bonds. The van der Waals surface area contributed by atoms with Crippen molar-refractivity contribution in [3.63, 3.8) is 0 Å². The number of carbonyl (C=O) groups excluding carboxylic acids is 1. The van der Waals surface area contributed by atoms with Crippen LogP contribution in [0.25, 0.3) is 0 Å². The maximum atomic E-state index is 12.2. The summed E-state index contributed by atoms with van der Waals surface area (Å²) in [6, 6.07) is 0. The lowest BCUT2D eigenvalue weighted by molar-refractivity contribution is -0.483. The Hall–Kier alpha value is 0.0200. The van der Waals surface area contributed by atoms with Gasteiger partial charge in [-0.25, -0.2) is 0 Å². The molecule has 2 aliphatic rings. The quantitative estimate of drug-likeness (QED) is 0.165. The Morgan fingerprint density at radius 1 is 1.07 bits per heavy atom. The highest BCUT2D eigenvalue weighted by atomic mass is 35.5. The van der Waals surface area contributed by atoms with Gasteiger partial charge in [0.05, 0.1) is 23.7 Å². The van der Waals surface area contributed by atoms with Gasteiger partial charge in [0.15, 0.2) is 6.10 Å². The van der Waals surface area contributed by atoms with E-state index in [0.29, 0.717) is 6.42 Å². The number of halogens is 3. The molecule has 170 valence electrons. The van der Waals surface area contributed by atoms with Crippen LogP contribution in [0.4, 0.5) is 0 Å². The summed E-state index contributed by atoms with van der Waals surface area (Å²) in [7, 11) is 0. The summed E-state index contributed by atoms with van der Waals surface area (Å²) in [6.45, 7) is 0.969. The second kappa shape index (κ2) is 10.1. The van der Waals surface area contributed by atoms with Crippen molar-refractivity contribution >= 4 is 40.8 Å². The van der Waals surface area contributed by atoms with Gasteiger partial charge in [0.2, 0.25) is 5.79 Å². The molecule has 0 radical (unpaired) electrons. The van der Waals surface area contributed by atoms with Gasteiger partial charge in [-0.1, -0.05) is 6.92 Å². The van der Waals surface area contributed by atoms with Crippen molar-refractivity contribution in [2.24, 2.45) is 0 Å². The van der Waals surface area contributed by atoms with Crippen LogP contribution in [0.2, 0.25) is 0 Å². The van der Waals surface area contributed by atoms with Crippen molar-refractivity contribution in [2.75, 3.05) is 18.4 Å². The number of aliphatic hydroxyl groups is 5. The Kier molecular flexibility index (Phi) is 8.80. The largest absolute Gasteiger partial charge is 0.405 e. The zero-order chi connectivity index (χ0) is 22.0. The van der Waals surface area contributed by atoms with E-state index in [1.54, 1.807) is 6.92 Å². The first-order valence-electron chi connectivity index (χ1n) is 8.98. The number of alkyl halides is 3. The van der Waals surface area contributed by atoms with Crippen molar-refractivity contribution < 1.29 is 49.3 Å². The van der Waals surface area contributed by atoms with Crippen LogP contribution in [0.1, 0.15) is 19.8 Å². The summed E-state index contributed by atoms with van der Waals surface area (Å²) in [5.41, 5.74) is 0. The van der Waals surface area contributed by atoms with Crippen LogP contribution in [-0.2, 0) is 23.7 Å². The fourth-order valence-corrected chi connectivity index (χ4v) is 3.93. The van der Waals surface area contributed by atoms with Crippen LogP contribution in [0.5, 0.6) is 0 Å². The van der Waals surface area contributed by atoms with E-state index in [9.17, 15) is 30.3 Å². The predicted octanol–water partition coefficient (Wildman–Crippen LogP) is -0.985. The van der Waals surface area contributed by atoms with Crippen molar-refractivity contribution in [3.05, 3.63) is 0 Å². The van der Waals surface area contributed by atoms with E-state index in [1.165, 1.54) is 0 Å². The first-order chi connectivity index (χ1) is 13.6. The molecule has 5 N–H and O–H groups in total. The third kappa shape index (κ3) is 4.78. The van der Waals surface area contributed by atoms with Crippen LogP contribution in [0, 0.1) is 0 Å². The minimum Gasteiger partial charge on any atom is -0.405 e. The van der Waals surface area contributed by atoms with E-state index < -0.39 is 72.2 Å². The summed E-state index contributed by atoms with van der Waals surface area (Å²) < 4.78 is 21.7. The molecule has 0 spiro atoms. The number of hydrogen-bond acceptors (Lipinski definition) is 10. The first-order valence-corrected chi connectivity index (χ1v) is 10.5. The molecule has 10 nitrogen and oxygen atoms in total. The summed E-state index contributed by atoms with van der Waals surface area (Å²) >= 11 is 17.6. The van der Waals surface area contributed by atoms with Gasteiger partial charge < -0.3 is 39.7 Å². The van der Waals surface area contributed by atoms with Gasteiger partial charge in [-0.15, -0.1) is 34.8 Å². The van der Waals surface area contributed by atoms with Crippen molar-refractivity contribution in [1.29, 1.82) is 0 Å². The second-order valence-corrected chi connectivity index (χ2v) is 7.92. The molecule has 2 aliphatic heterocycles. The zero-order valence-electron chi connectivity index (χ0n) is 15.5. The van der Waals surface area contributed by atoms with E-state index in [2.05, 4.69) is 0 Å². The zero-order valence-corrected chi connectivity index (χ0v) is 17.8. The van der Waals surface area contributed by atoms with E-state index in [4.69, 9.17) is 53.8 Å². The Morgan fingerprint density at radius 3 is 2.21 bits per heavy atom. The summed E-state index contributed by atoms with van der Waals surface area (Å²) in [5, 5.41) is 49.8. The van der Waals surface area contributed by atoms with Gasteiger partial charge in [-0.05, 0) is 6.42 Å². The molecule has 9 atom stereocenters. The molecular formula is C16H25Cl3O10. The topological polar surface area (TPSA) is 155 Å². The lowest BCUT2D eigenvalue weighted by Crippen LogP contribution is -2.69. The average Bonchev–Trinajstić information content (AvgIpc) is 2.94. The molecule has 13 heteroatoms. The number of carbonyl (C=O) groups is 1. The molecular weight excluding hydrogens is 459 g/mol. The van der Waals surface area contributed by atoms with Gasteiger partial charge in [-0.2, -0.15) is 0 Å². The van der Waals surface area contributed by atoms with E-state index in [1.807, 2.05) is 0 Å². The molecule has 0 aromatic rings. The lowest BCUT2D eigenvalue weighted by Gasteiger charge is -2.49. The van der Waals surface area contributed by atoms with Gasteiger partial charge in [-0.3, -0.25) is 9.53 Å². The van der Waals surface area contributed by atoms with E-state index in [-0.39, 0.29) is 12.3 Å². The molecule has 0 aliphatic carbocycles. The molecule has 0 aromatic carbocycles. The van der Waals surface area contributed by atoms with Crippen molar-refractivity contribution in [3.8, 4) is 0 Å². The molecule has 29 heavy (non-hydrogen) atoms. The number of esters is 1. The SMILES string of the molecule is CCCC(=O)O[C@@]1(O[C@]2(CCl)O[C@H](CCl)[C@@H](O)[C@@H]2O)O[C@H](CO)[C@H](Cl)[C@H](O)[C@H]1O. The smallest absolute Gasteiger partial charge is 0.362 e. The van der Waals surface area contributed by atoms with Gasteiger partial charge in [0, 0.05) is 6.42 Å². The highest BCUT2D eigenvalue weighted by Gasteiger charge is 2.65. The van der Waals surface area contributed by atoms with E-state index in [0.717, 1.165) is 0 Å². The first kappa shape index (κ1) is 25.3. The van der Waals surface area contributed by atoms with Crippen LogP contribution in [0.3, 0.4) is 0 Å². The number of ether oxygens (including phenoxy) is 4. The highest BCUT2D eigenvalue weighted by Crippen LogP contribution is 2.43. The Balaban J connectivity index is 2.46. The molecule has 2 heterocycles. The molecule has 2 rings (SSSR count). The molecule has 0 bridgehead atoms. The molecule has 2 fully saturated rings. The minimum absolute atomic E-state index is 0.102. The maximum Gasteiger partial charge on any atom is 0.362 e. The number of aliphatic hydroxyl groups excluding tert-OH is 5. The molecule has 0 aromatic heterocycles. The Labute approximate surface area is 182 Å².